The van der Waals surface area contributed by atoms with Crippen molar-refractivity contribution in [3.8, 4) is 0 Å². The standard InChI is InChI=1S/C10H9N2O2/c13-9-5-6-12(10(14)11-9)7-8-3-1-2-4-8/h1-6H,7H2,(H,11,13,14). The van der Waals surface area contributed by atoms with E-state index >= 15 is 0 Å². The third-order valence-corrected chi connectivity index (χ3v) is 1.98. The van der Waals surface area contributed by atoms with Crippen LogP contribution in [0.1, 0.15) is 0 Å². The lowest BCUT2D eigenvalue weighted by Gasteiger charge is -2.08. The van der Waals surface area contributed by atoms with Crippen molar-refractivity contribution in [2.45, 2.75) is 6.54 Å². The molecule has 0 bridgehead atoms. The molecule has 0 unspecified atom stereocenters. The summed E-state index contributed by atoms with van der Waals surface area (Å²) in [5.41, 5.74) is -0.743. The van der Waals surface area contributed by atoms with Gasteiger partial charge in [0.2, 0.25) is 0 Å². The van der Waals surface area contributed by atoms with Gasteiger partial charge in [0.05, 0.1) is 0 Å². The number of H-pyrrole nitrogens is 1. The second-order valence-electron chi connectivity index (χ2n) is 3.03. The lowest BCUT2D eigenvalue weighted by atomic mass is 10.1. The van der Waals surface area contributed by atoms with E-state index in [4.69, 9.17) is 0 Å². The van der Waals surface area contributed by atoms with Gasteiger partial charge < -0.3 is 0 Å². The number of nitrogens with one attached hydrogen (secondary N) is 1. The lowest BCUT2D eigenvalue weighted by Crippen LogP contribution is -2.30. The third kappa shape index (κ3) is 1.95. The number of aromatic amines is 1. The van der Waals surface area contributed by atoms with Gasteiger partial charge in [0.25, 0.3) is 5.56 Å². The molecule has 0 aromatic carbocycles. The number of hydrogen-bond donors (Lipinski definition) is 1. The van der Waals surface area contributed by atoms with Crippen LogP contribution in [0.2, 0.25) is 0 Å². The average Bonchev–Trinajstić information content (AvgIpc) is 2.62. The molecule has 4 nitrogen and oxygen atoms in total. The maximum Gasteiger partial charge on any atom is 0.328 e. The summed E-state index contributed by atoms with van der Waals surface area (Å²) in [5.74, 6) is 1.04. The largest absolute Gasteiger partial charge is 0.328 e. The van der Waals surface area contributed by atoms with Gasteiger partial charge >= 0.3 is 5.69 Å². The molecular formula is C10H9N2O2. The number of hydrogen-bond acceptors (Lipinski definition) is 2. The predicted molar refractivity (Wildman–Crippen MR) is 51.8 cm³/mol. The van der Waals surface area contributed by atoms with Crippen LogP contribution in [0.5, 0.6) is 0 Å². The Morgan fingerprint density at radius 1 is 1.21 bits per heavy atom. The van der Waals surface area contributed by atoms with Crippen molar-refractivity contribution in [3.05, 3.63) is 64.7 Å². The van der Waals surface area contributed by atoms with Crippen molar-refractivity contribution in [1.29, 1.82) is 0 Å². The van der Waals surface area contributed by atoms with Crippen LogP contribution >= 0.6 is 0 Å². The highest BCUT2D eigenvalue weighted by atomic mass is 16.2. The molecule has 1 aromatic heterocycles. The number of nitrogens with zero attached hydrogens (tertiary/aromatic N) is 1. The van der Waals surface area contributed by atoms with Gasteiger partial charge in [-0.15, -0.1) is 0 Å². The molecule has 1 heterocycles. The molecule has 5 radical (unpaired) electrons. The highest BCUT2D eigenvalue weighted by Crippen LogP contribution is 2.23. The van der Waals surface area contributed by atoms with E-state index in [1.54, 1.807) is 0 Å². The van der Waals surface area contributed by atoms with Crippen LogP contribution in [0.25, 0.3) is 0 Å². The SMILES string of the molecule is O=c1ccn(C[C]2[CH][CH][CH][CH]2)c(=O)[nH]1. The fraction of sp³-hybridized carbons (Fsp3) is 0.100. The molecule has 1 aliphatic carbocycles. The van der Waals surface area contributed by atoms with Gasteiger partial charge in [-0.3, -0.25) is 14.3 Å². The third-order valence-electron chi connectivity index (χ3n) is 1.98. The molecule has 1 fully saturated rings. The van der Waals surface area contributed by atoms with Gasteiger partial charge in [-0.2, -0.15) is 0 Å². The molecule has 1 aromatic rings. The van der Waals surface area contributed by atoms with Crippen molar-refractivity contribution in [2.75, 3.05) is 0 Å². The minimum Gasteiger partial charge on any atom is -0.300 e. The topological polar surface area (TPSA) is 54.9 Å². The molecule has 0 amide bonds. The predicted octanol–water partition coefficient (Wildman–Crippen LogP) is -0.0582. The van der Waals surface area contributed by atoms with E-state index in [0.29, 0.717) is 6.54 Å². The van der Waals surface area contributed by atoms with Crippen molar-refractivity contribution in [2.24, 2.45) is 0 Å². The second kappa shape index (κ2) is 3.82. The van der Waals surface area contributed by atoms with Crippen LogP contribution in [0, 0.1) is 31.6 Å². The summed E-state index contributed by atoms with van der Waals surface area (Å²) in [5, 5.41) is 0. The molecule has 0 saturated heterocycles. The zero-order valence-corrected chi connectivity index (χ0v) is 7.43. The van der Waals surface area contributed by atoms with Crippen LogP contribution in [0.3, 0.4) is 0 Å². The first-order chi connectivity index (χ1) is 6.75. The summed E-state index contributed by atoms with van der Waals surface area (Å²) in [7, 11) is 0. The van der Waals surface area contributed by atoms with E-state index in [1.165, 1.54) is 16.8 Å². The van der Waals surface area contributed by atoms with Crippen LogP contribution in [-0.2, 0) is 6.54 Å². The van der Waals surface area contributed by atoms with E-state index < -0.39 is 0 Å². The normalized spacial score (nSPS) is 17.4. The monoisotopic (exact) mass is 189 g/mol. The van der Waals surface area contributed by atoms with E-state index in [2.05, 4.69) is 4.98 Å². The van der Waals surface area contributed by atoms with Gasteiger partial charge in [0, 0.05) is 24.7 Å². The molecule has 1 aliphatic rings. The molecule has 0 atom stereocenters. The molecule has 0 spiro atoms. The summed E-state index contributed by atoms with van der Waals surface area (Å²) >= 11 is 0. The summed E-state index contributed by atoms with van der Waals surface area (Å²) in [4.78, 5) is 24.3. The fourth-order valence-corrected chi connectivity index (χ4v) is 1.28. The number of rotatable bonds is 2. The summed E-state index contributed by atoms with van der Waals surface area (Å²) in [6, 6.07) is 1.34. The smallest absolute Gasteiger partial charge is 0.300 e. The Morgan fingerprint density at radius 3 is 2.57 bits per heavy atom. The molecule has 1 N–H and O–H groups in total. The molecule has 4 heteroatoms. The zero-order chi connectivity index (χ0) is 9.97. The van der Waals surface area contributed by atoms with E-state index in [9.17, 15) is 9.59 Å². The Hall–Kier alpha value is -1.32. The van der Waals surface area contributed by atoms with E-state index in [-0.39, 0.29) is 11.2 Å². The maximum atomic E-state index is 11.3. The van der Waals surface area contributed by atoms with E-state index in [1.807, 2.05) is 25.7 Å². The summed E-state index contributed by atoms with van der Waals surface area (Å²) < 4.78 is 1.46. The van der Waals surface area contributed by atoms with Crippen LogP contribution in [0.15, 0.2) is 21.9 Å². The van der Waals surface area contributed by atoms with Gasteiger partial charge in [-0.1, -0.05) is 0 Å². The summed E-state index contributed by atoms with van der Waals surface area (Å²) in [6.07, 6.45) is 9.17. The second-order valence-corrected chi connectivity index (χ2v) is 3.03. The lowest BCUT2D eigenvalue weighted by molar-refractivity contribution is 0.681. The Labute approximate surface area is 81.6 Å². The Morgan fingerprint density at radius 2 is 1.93 bits per heavy atom. The summed E-state index contributed by atoms with van der Waals surface area (Å²) in [6.45, 7) is 0.489. The fourth-order valence-electron chi connectivity index (χ4n) is 1.28. The molecule has 14 heavy (non-hydrogen) atoms. The minimum absolute atomic E-state index is 0.367. The average molecular weight is 189 g/mol. The maximum absolute atomic E-state index is 11.3. The van der Waals surface area contributed by atoms with Crippen molar-refractivity contribution in [3.63, 3.8) is 0 Å². The minimum atomic E-state index is -0.376. The quantitative estimate of drug-likeness (QED) is 0.708. The van der Waals surface area contributed by atoms with Crippen LogP contribution < -0.4 is 11.2 Å². The van der Waals surface area contributed by atoms with Crippen LogP contribution in [0.4, 0.5) is 0 Å². The highest BCUT2D eigenvalue weighted by Gasteiger charge is 2.17. The Balaban J connectivity index is 2.16. The first-order valence-electron chi connectivity index (χ1n) is 4.26. The Kier molecular flexibility index (Phi) is 2.52. The highest BCUT2D eigenvalue weighted by molar-refractivity contribution is 5.34. The van der Waals surface area contributed by atoms with Crippen molar-refractivity contribution in [1.82, 2.24) is 9.55 Å². The van der Waals surface area contributed by atoms with E-state index in [0.717, 1.165) is 5.92 Å². The molecule has 1 saturated carbocycles. The molecular weight excluding hydrogens is 180 g/mol. The van der Waals surface area contributed by atoms with Crippen molar-refractivity contribution >= 4 is 0 Å². The Bertz CT molecular complexity index is 413. The first-order valence-corrected chi connectivity index (χ1v) is 4.26. The number of aromatic nitrogens is 2. The first kappa shape index (κ1) is 9.24. The van der Waals surface area contributed by atoms with Gasteiger partial charge in [-0.25, -0.2) is 4.79 Å². The van der Waals surface area contributed by atoms with Crippen LogP contribution in [-0.4, -0.2) is 9.55 Å². The van der Waals surface area contributed by atoms with Gasteiger partial charge in [0.1, 0.15) is 0 Å². The van der Waals surface area contributed by atoms with Crippen molar-refractivity contribution < 1.29 is 0 Å². The van der Waals surface area contributed by atoms with Gasteiger partial charge in [-0.05, 0) is 25.7 Å². The molecule has 71 valence electrons. The molecule has 2 rings (SSSR count). The van der Waals surface area contributed by atoms with Gasteiger partial charge in [0.15, 0.2) is 0 Å². The zero-order valence-electron chi connectivity index (χ0n) is 7.43. The molecule has 0 aliphatic heterocycles.